The predicted molar refractivity (Wildman–Crippen MR) is 114 cm³/mol. The molecule has 9 heteroatoms. The van der Waals surface area contributed by atoms with E-state index in [9.17, 15) is 13.2 Å². The van der Waals surface area contributed by atoms with Crippen molar-refractivity contribution in [3.8, 4) is 6.07 Å². The van der Waals surface area contributed by atoms with Crippen molar-refractivity contribution >= 4 is 43.4 Å². The molecule has 0 radical (unpaired) electrons. The molecule has 0 heterocycles. The molecule has 146 valence electrons. The summed E-state index contributed by atoms with van der Waals surface area (Å²) in [5, 5.41) is 12.4. The van der Waals surface area contributed by atoms with Crippen molar-refractivity contribution in [2.75, 3.05) is 10.3 Å². The third-order valence-corrected chi connectivity index (χ3v) is 5.81. The van der Waals surface area contributed by atoms with Crippen LogP contribution in [-0.2, 0) is 10.0 Å². The van der Waals surface area contributed by atoms with E-state index in [4.69, 9.17) is 5.26 Å². The molecule has 0 spiro atoms. The second-order valence-corrected chi connectivity index (χ2v) is 8.33. The number of carbonyl (C=O) groups excluding carboxylic acids is 1. The zero-order valence-electron chi connectivity index (χ0n) is 14.9. The summed E-state index contributed by atoms with van der Waals surface area (Å²) in [5.41, 5.74) is 1.15. The number of benzene rings is 3. The van der Waals surface area contributed by atoms with Crippen LogP contribution in [0.3, 0.4) is 0 Å². The molecular weight excluding hydrogens is 456 g/mol. The molecule has 0 aliphatic rings. The monoisotopic (exact) mass is 470 g/mol. The number of carbonyl (C=O) groups is 1. The minimum atomic E-state index is -4.02. The fourth-order valence-electron chi connectivity index (χ4n) is 2.41. The van der Waals surface area contributed by atoms with E-state index in [0.29, 0.717) is 21.4 Å². The van der Waals surface area contributed by atoms with Crippen LogP contribution in [-0.4, -0.2) is 14.4 Å². The van der Waals surface area contributed by atoms with Gasteiger partial charge >= 0.3 is 6.03 Å². The van der Waals surface area contributed by atoms with Crippen molar-refractivity contribution in [1.29, 1.82) is 5.26 Å². The number of nitriles is 1. The highest BCUT2D eigenvalue weighted by atomic mass is 79.9. The summed E-state index contributed by atoms with van der Waals surface area (Å²) in [5.74, 6) is 0. The van der Waals surface area contributed by atoms with E-state index in [-0.39, 0.29) is 4.90 Å². The molecule has 3 aromatic carbocycles. The number of hydrogen-bond donors (Lipinski definition) is 2. The van der Waals surface area contributed by atoms with E-state index < -0.39 is 16.1 Å². The number of amides is 2. The third kappa shape index (κ3) is 5.00. The zero-order valence-corrected chi connectivity index (χ0v) is 17.3. The first-order valence-electron chi connectivity index (χ1n) is 8.34. The molecule has 0 atom stereocenters. The van der Waals surface area contributed by atoms with E-state index in [1.54, 1.807) is 66.7 Å². The van der Waals surface area contributed by atoms with Gasteiger partial charge in [0, 0.05) is 10.2 Å². The molecule has 0 aliphatic carbocycles. The molecule has 0 aromatic heterocycles. The Bertz CT molecular complexity index is 1160. The van der Waals surface area contributed by atoms with Crippen molar-refractivity contribution in [3.63, 3.8) is 0 Å². The number of hydrogen-bond acceptors (Lipinski definition) is 4. The lowest BCUT2D eigenvalue weighted by atomic mass is 10.2. The Labute approximate surface area is 176 Å². The average molecular weight is 471 g/mol. The van der Waals surface area contributed by atoms with Gasteiger partial charge in [0.15, 0.2) is 0 Å². The van der Waals surface area contributed by atoms with Crippen LogP contribution in [0, 0.1) is 11.3 Å². The minimum absolute atomic E-state index is 0.0169. The average Bonchev–Trinajstić information content (AvgIpc) is 2.74. The molecule has 0 aliphatic heterocycles. The first-order chi connectivity index (χ1) is 13.9. The molecule has 0 unspecified atom stereocenters. The molecular formula is C20H15BrN4O3S. The molecule has 0 saturated heterocycles. The van der Waals surface area contributed by atoms with E-state index in [1.807, 2.05) is 6.07 Å². The Morgan fingerprint density at radius 3 is 2.17 bits per heavy atom. The van der Waals surface area contributed by atoms with Crippen LogP contribution in [0.25, 0.3) is 0 Å². The van der Waals surface area contributed by atoms with Gasteiger partial charge in [0.2, 0.25) is 0 Å². The lowest BCUT2D eigenvalue weighted by Gasteiger charge is -2.24. The van der Waals surface area contributed by atoms with Crippen LogP contribution < -0.4 is 15.2 Å². The largest absolute Gasteiger partial charge is 0.341 e. The lowest BCUT2D eigenvalue weighted by Crippen LogP contribution is -2.48. The minimum Gasteiger partial charge on any atom is -0.306 e. The summed E-state index contributed by atoms with van der Waals surface area (Å²) >= 11 is 3.34. The van der Waals surface area contributed by atoms with Gasteiger partial charge < -0.3 is 5.32 Å². The van der Waals surface area contributed by atoms with Crippen LogP contribution in [0.4, 0.5) is 16.2 Å². The first-order valence-corrected chi connectivity index (χ1v) is 10.6. The van der Waals surface area contributed by atoms with E-state index in [1.165, 1.54) is 12.1 Å². The predicted octanol–water partition coefficient (Wildman–Crippen LogP) is 4.25. The van der Waals surface area contributed by atoms with Crippen molar-refractivity contribution in [1.82, 2.24) is 4.83 Å². The number of hydrazine groups is 1. The molecule has 2 N–H and O–H groups in total. The highest BCUT2D eigenvalue weighted by Gasteiger charge is 2.25. The van der Waals surface area contributed by atoms with Gasteiger partial charge in [-0.2, -0.15) is 5.26 Å². The standard InChI is InChI=1S/C20H15BrN4O3S/c21-18-8-4-5-9-19(18)25(24-29(27,28)17-6-2-1-3-7-17)20(26)23-16-12-10-15(14-22)11-13-16/h1-13,24H,(H,23,26). The number of urea groups is 1. The first kappa shape index (κ1) is 20.5. The van der Waals surface area contributed by atoms with Gasteiger partial charge in [-0.05, 0) is 64.5 Å². The fraction of sp³-hybridized carbons (Fsp3) is 0. The van der Waals surface area contributed by atoms with Crippen LogP contribution in [0.2, 0.25) is 0 Å². The van der Waals surface area contributed by atoms with Crippen LogP contribution in [0.15, 0.2) is 88.2 Å². The van der Waals surface area contributed by atoms with Gasteiger partial charge in [0.25, 0.3) is 10.0 Å². The van der Waals surface area contributed by atoms with Crippen molar-refractivity contribution in [2.24, 2.45) is 0 Å². The Hall–Kier alpha value is -3.19. The van der Waals surface area contributed by atoms with Gasteiger partial charge in [-0.15, -0.1) is 4.83 Å². The summed E-state index contributed by atoms with van der Waals surface area (Å²) in [6, 6.07) is 21.9. The molecule has 2 amide bonds. The second-order valence-electron chi connectivity index (χ2n) is 5.81. The van der Waals surface area contributed by atoms with Crippen LogP contribution in [0.5, 0.6) is 0 Å². The van der Waals surface area contributed by atoms with Crippen molar-refractivity contribution < 1.29 is 13.2 Å². The normalized spacial score (nSPS) is 10.8. The highest BCUT2D eigenvalue weighted by molar-refractivity contribution is 9.10. The summed E-state index contributed by atoms with van der Waals surface area (Å²) < 4.78 is 26.1. The number of halogens is 1. The Morgan fingerprint density at radius 2 is 1.55 bits per heavy atom. The van der Waals surface area contributed by atoms with Gasteiger partial charge in [-0.25, -0.2) is 18.2 Å². The molecule has 0 saturated carbocycles. The maximum Gasteiger partial charge on any atom is 0.341 e. The SMILES string of the molecule is N#Cc1ccc(NC(=O)N(NS(=O)(=O)c2ccccc2)c2ccccc2Br)cc1. The summed E-state index contributed by atoms with van der Waals surface area (Å²) in [4.78, 5) is 15.3. The summed E-state index contributed by atoms with van der Waals surface area (Å²) in [6.07, 6.45) is 0. The Morgan fingerprint density at radius 1 is 0.931 bits per heavy atom. The Balaban J connectivity index is 1.94. The molecule has 29 heavy (non-hydrogen) atoms. The number of para-hydroxylation sites is 1. The molecule has 7 nitrogen and oxygen atoms in total. The van der Waals surface area contributed by atoms with E-state index >= 15 is 0 Å². The van der Waals surface area contributed by atoms with Crippen LogP contribution >= 0.6 is 15.9 Å². The van der Waals surface area contributed by atoms with Gasteiger partial charge in [-0.3, -0.25) is 0 Å². The van der Waals surface area contributed by atoms with Gasteiger partial charge in [0.1, 0.15) is 0 Å². The Kier molecular flexibility index (Phi) is 6.29. The number of rotatable bonds is 5. The topological polar surface area (TPSA) is 102 Å². The molecule has 3 aromatic rings. The number of sulfonamides is 1. The number of nitrogens with zero attached hydrogens (tertiary/aromatic N) is 2. The summed E-state index contributed by atoms with van der Waals surface area (Å²) in [7, 11) is -4.02. The molecule has 3 rings (SSSR count). The van der Waals surface area contributed by atoms with Gasteiger partial charge in [-0.1, -0.05) is 30.3 Å². The quantitative estimate of drug-likeness (QED) is 0.543. The number of anilines is 2. The zero-order chi connectivity index (χ0) is 20.9. The fourth-order valence-corrected chi connectivity index (χ4v) is 3.92. The maximum atomic E-state index is 12.9. The van der Waals surface area contributed by atoms with Crippen molar-refractivity contribution in [3.05, 3.63) is 88.9 Å². The number of nitrogens with one attached hydrogen (secondary N) is 2. The van der Waals surface area contributed by atoms with E-state index in [0.717, 1.165) is 5.01 Å². The second kappa shape index (κ2) is 8.87. The van der Waals surface area contributed by atoms with Crippen molar-refractivity contribution in [2.45, 2.75) is 4.90 Å². The third-order valence-electron chi connectivity index (χ3n) is 3.83. The summed E-state index contributed by atoms with van der Waals surface area (Å²) in [6.45, 7) is 0. The van der Waals surface area contributed by atoms with Crippen LogP contribution in [0.1, 0.15) is 5.56 Å². The van der Waals surface area contributed by atoms with Gasteiger partial charge in [0.05, 0.1) is 22.2 Å². The smallest absolute Gasteiger partial charge is 0.306 e. The maximum absolute atomic E-state index is 12.9. The van der Waals surface area contributed by atoms with E-state index in [2.05, 4.69) is 26.1 Å². The molecule has 0 bridgehead atoms. The molecule has 0 fully saturated rings. The highest BCUT2D eigenvalue weighted by Crippen LogP contribution is 2.26. The lowest BCUT2D eigenvalue weighted by molar-refractivity contribution is 0.256.